The quantitative estimate of drug-likeness (QED) is 0.445. The predicted octanol–water partition coefficient (Wildman–Crippen LogP) is 4.20. The highest BCUT2D eigenvalue weighted by molar-refractivity contribution is 6.39. The SMILES string of the molecule is COc1ccc(-c2cc(-c3c(Cl)cccc3Cl)cc(NCC(O)CO)n2)c(O)c1. The highest BCUT2D eigenvalue weighted by atomic mass is 35.5. The monoisotopic (exact) mass is 434 g/mol. The number of hydrogen-bond donors (Lipinski definition) is 4. The summed E-state index contributed by atoms with van der Waals surface area (Å²) in [4.78, 5) is 4.52. The Morgan fingerprint density at radius 3 is 2.45 bits per heavy atom. The number of anilines is 1. The van der Waals surface area contributed by atoms with Gasteiger partial charge in [0, 0.05) is 33.8 Å². The van der Waals surface area contributed by atoms with Gasteiger partial charge >= 0.3 is 0 Å². The summed E-state index contributed by atoms with van der Waals surface area (Å²) < 4.78 is 5.13. The predicted molar refractivity (Wildman–Crippen MR) is 115 cm³/mol. The second kappa shape index (κ2) is 9.33. The summed E-state index contributed by atoms with van der Waals surface area (Å²) in [5.74, 6) is 0.942. The van der Waals surface area contributed by atoms with Crippen molar-refractivity contribution < 1.29 is 20.1 Å². The highest BCUT2D eigenvalue weighted by Gasteiger charge is 2.15. The molecule has 0 saturated carbocycles. The lowest BCUT2D eigenvalue weighted by Crippen LogP contribution is -2.23. The van der Waals surface area contributed by atoms with E-state index in [1.165, 1.54) is 13.2 Å². The topological polar surface area (TPSA) is 94.8 Å². The van der Waals surface area contributed by atoms with E-state index in [2.05, 4.69) is 10.3 Å². The third-order valence-electron chi connectivity index (χ3n) is 4.29. The highest BCUT2D eigenvalue weighted by Crippen LogP contribution is 2.39. The Morgan fingerprint density at radius 1 is 1.10 bits per heavy atom. The van der Waals surface area contributed by atoms with Gasteiger partial charge in [-0.3, -0.25) is 0 Å². The molecule has 8 heteroatoms. The van der Waals surface area contributed by atoms with E-state index in [1.54, 1.807) is 42.5 Å². The number of aromatic nitrogens is 1. The Morgan fingerprint density at radius 2 is 1.83 bits per heavy atom. The van der Waals surface area contributed by atoms with Gasteiger partial charge in [-0.15, -0.1) is 0 Å². The van der Waals surface area contributed by atoms with Crippen molar-refractivity contribution in [2.75, 3.05) is 25.6 Å². The number of nitrogens with zero attached hydrogens (tertiary/aromatic N) is 1. The van der Waals surface area contributed by atoms with E-state index in [-0.39, 0.29) is 18.9 Å². The van der Waals surface area contributed by atoms with Gasteiger partial charge in [-0.25, -0.2) is 4.98 Å². The molecule has 1 heterocycles. The van der Waals surface area contributed by atoms with Crippen LogP contribution in [0.3, 0.4) is 0 Å². The van der Waals surface area contributed by atoms with E-state index in [0.717, 1.165) is 0 Å². The Labute approximate surface area is 178 Å². The van der Waals surface area contributed by atoms with E-state index in [0.29, 0.717) is 44.0 Å². The standard InChI is InChI=1S/C21H20Cl2N2O4/c1-29-14-5-6-15(19(28)9-14)18-7-12(21-16(22)3-2-4-17(21)23)8-20(25-18)24-10-13(27)11-26/h2-9,13,26-28H,10-11H2,1H3,(H,24,25). The fraction of sp³-hybridized carbons (Fsp3) is 0.190. The summed E-state index contributed by atoms with van der Waals surface area (Å²) in [6.45, 7) is -0.285. The number of halogens is 2. The van der Waals surface area contributed by atoms with E-state index in [1.807, 2.05) is 0 Å². The first-order chi connectivity index (χ1) is 13.9. The molecule has 0 spiro atoms. The van der Waals surface area contributed by atoms with Crippen LogP contribution in [0, 0.1) is 0 Å². The Hall–Kier alpha value is -2.51. The van der Waals surface area contributed by atoms with E-state index in [9.17, 15) is 10.2 Å². The van der Waals surface area contributed by atoms with Gasteiger partial charge in [-0.2, -0.15) is 0 Å². The summed E-state index contributed by atoms with van der Waals surface area (Å²) in [7, 11) is 1.52. The van der Waals surface area contributed by atoms with Gasteiger partial charge in [0.2, 0.25) is 0 Å². The zero-order chi connectivity index (χ0) is 21.0. The molecule has 1 unspecified atom stereocenters. The molecule has 0 amide bonds. The van der Waals surface area contributed by atoms with Crippen LogP contribution in [0.2, 0.25) is 10.0 Å². The molecule has 0 bridgehead atoms. The molecule has 152 valence electrons. The van der Waals surface area contributed by atoms with Crippen molar-refractivity contribution in [3.63, 3.8) is 0 Å². The molecule has 0 aliphatic rings. The second-order valence-electron chi connectivity index (χ2n) is 6.32. The molecule has 0 fully saturated rings. The molecule has 4 N–H and O–H groups in total. The van der Waals surface area contributed by atoms with Gasteiger partial charge in [-0.1, -0.05) is 29.3 Å². The van der Waals surface area contributed by atoms with Crippen molar-refractivity contribution in [1.29, 1.82) is 0 Å². The number of phenols is 1. The van der Waals surface area contributed by atoms with Crippen LogP contribution in [-0.2, 0) is 0 Å². The zero-order valence-corrected chi connectivity index (χ0v) is 17.1. The number of rotatable bonds is 7. The van der Waals surface area contributed by atoms with E-state index >= 15 is 0 Å². The number of pyridine rings is 1. The third-order valence-corrected chi connectivity index (χ3v) is 4.92. The normalized spacial score (nSPS) is 11.9. The summed E-state index contributed by atoms with van der Waals surface area (Å²) in [6.07, 6.45) is -0.942. The average molecular weight is 435 g/mol. The molecule has 1 aromatic heterocycles. The van der Waals surface area contributed by atoms with Crippen molar-refractivity contribution in [3.05, 3.63) is 58.6 Å². The molecule has 0 saturated heterocycles. The van der Waals surface area contributed by atoms with Crippen molar-refractivity contribution in [2.24, 2.45) is 0 Å². The van der Waals surface area contributed by atoms with Crippen molar-refractivity contribution >= 4 is 29.0 Å². The fourth-order valence-electron chi connectivity index (χ4n) is 2.82. The molecule has 2 aromatic carbocycles. The van der Waals surface area contributed by atoms with Gasteiger partial charge < -0.3 is 25.4 Å². The largest absolute Gasteiger partial charge is 0.507 e. The lowest BCUT2D eigenvalue weighted by molar-refractivity contribution is 0.105. The summed E-state index contributed by atoms with van der Waals surface area (Å²) in [5, 5.41) is 33.0. The number of benzene rings is 2. The number of ether oxygens (including phenoxy) is 1. The van der Waals surface area contributed by atoms with Crippen molar-refractivity contribution in [3.8, 4) is 33.9 Å². The fourth-order valence-corrected chi connectivity index (χ4v) is 3.43. The summed E-state index contributed by atoms with van der Waals surface area (Å²) in [5.41, 5.74) is 2.27. The third kappa shape index (κ3) is 4.92. The van der Waals surface area contributed by atoms with Crippen LogP contribution in [0.4, 0.5) is 5.82 Å². The minimum atomic E-state index is -0.942. The Kier molecular flexibility index (Phi) is 6.82. The summed E-state index contributed by atoms with van der Waals surface area (Å²) in [6, 6.07) is 13.6. The van der Waals surface area contributed by atoms with Gasteiger partial charge in [-0.05, 0) is 42.0 Å². The number of aliphatic hydroxyl groups excluding tert-OH is 2. The maximum Gasteiger partial charge on any atom is 0.128 e. The minimum absolute atomic E-state index is 0.000554. The lowest BCUT2D eigenvalue weighted by Gasteiger charge is -2.15. The molecule has 1 atom stereocenters. The van der Waals surface area contributed by atoms with E-state index < -0.39 is 6.10 Å². The van der Waals surface area contributed by atoms with Crippen LogP contribution >= 0.6 is 23.2 Å². The van der Waals surface area contributed by atoms with Gasteiger partial charge in [0.25, 0.3) is 0 Å². The molecule has 3 aromatic rings. The molecule has 0 aliphatic heterocycles. The van der Waals surface area contributed by atoms with Gasteiger partial charge in [0.15, 0.2) is 0 Å². The lowest BCUT2D eigenvalue weighted by atomic mass is 10.0. The first kappa shape index (κ1) is 21.2. The molecule has 29 heavy (non-hydrogen) atoms. The minimum Gasteiger partial charge on any atom is -0.507 e. The smallest absolute Gasteiger partial charge is 0.128 e. The maximum absolute atomic E-state index is 10.4. The van der Waals surface area contributed by atoms with Crippen LogP contribution in [0.25, 0.3) is 22.4 Å². The molecular weight excluding hydrogens is 415 g/mol. The van der Waals surface area contributed by atoms with Gasteiger partial charge in [0.05, 0.1) is 25.5 Å². The molecular formula is C21H20Cl2N2O4. The van der Waals surface area contributed by atoms with Crippen LogP contribution in [0.1, 0.15) is 0 Å². The van der Waals surface area contributed by atoms with E-state index in [4.69, 9.17) is 33.0 Å². The number of phenolic OH excluding ortho intramolecular Hbond substituents is 1. The second-order valence-corrected chi connectivity index (χ2v) is 7.14. The molecule has 0 aliphatic carbocycles. The Balaban J connectivity index is 2.13. The number of nitrogens with one attached hydrogen (secondary N) is 1. The molecule has 6 nitrogen and oxygen atoms in total. The average Bonchev–Trinajstić information content (AvgIpc) is 2.71. The summed E-state index contributed by atoms with van der Waals surface area (Å²) >= 11 is 12.7. The van der Waals surface area contributed by atoms with Crippen LogP contribution < -0.4 is 10.1 Å². The van der Waals surface area contributed by atoms with Crippen LogP contribution in [0.5, 0.6) is 11.5 Å². The van der Waals surface area contributed by atoms with Gasteiger partial charge in [0.1, 0.15) is 17.3 Å². The first-order valence-corrected chi connectivity index (χ1v) is 9.55. The number of aliphatic hydroxyl groups is 2. The first-order valence-electron chi connectivity index (χ1n) is 8.79. The number of hydrogen-bond acceptors (Lipinski definition) is 6. The van der Waals surface area contributed by atoms with Crippen molar-refractivity contribution in [2.45, 2.75) is 6.10 Å². The number of methoxy groups -OCH3 is 1. The number of aromatic hydroxyl groups is 1. The van der Waals surface area contributed by atoms with Crippen molar-refractivity contribution in [1.82, 2.24) is 4.98 Å². The maximum atomic E-state index is 10.4. The molecule has 3 rings (SSSR count). The Bertz CT molecular complexity index is 994. The zero-order valence-electron chi connectivity index (χ0n) is 15.6. The van der Waals surface area contributed by atoms with Crippen LogP contribution in [-0.4, -0.2) is 46.7 Å². The molecule has 0 radical (unpaired) electrons. The van der Waals surface area contributed by atoms with Crippen LogP contribution in [0.15, 0.2) is 48.5 Å².